The highest BCUT2D eigenvalue weighted by molar-refractivity contribution is 7.14. The lowest BCUT2D eigenvalue weighted by atomic mass is 9.93. The highest BCUT2D eigenvalue weighted by atomic mass is 32.1. The van der Waals surface area contributed by atoms with Gasteiger partial charge in [0.25, 0.3) is 5.91 Å². The van der Waals surface area contributed by atoms with Crippen molar-refractivity contribution < 1.29 is 4.79 Å². The summed E-state index contributed by atoms with van der Waals surface area (Å²) in [6, 6.07) is 2.00. The van der Waals surface area contributed by atoms with Crippen LogP contribution in [0.15, 0.2) is 6.07 Å². The third kappa shape index (κ3) is 3.56. The van der Waals surface area contributed by atoms with Crippen LogP contribution in [-0.4, -0.2) is 30.9 Å². The van der Waals surface area contributed by atoms with Gasteiger partial charge in [-0.05, 0) is 36.9 Å². The Labute approximate surface area is 114 Å². The fourth-order valence-electron chi connectivity index (χ4n) is 1.94. The van der Waals surface area contributed by atoms with E-state index in [1.54, 1.807) is 16.2 Å². The first-order chi connectivity index (χ1) is 8.30. The summed E-state index contributed by atoms with van der Waals surface area (Å²) in [5, 5.41) is 0. The fourth-order valence-corrected chi connectivity index (χ4v) is 3.05. The van der Waals surface area contributed by atoms with Crippen molar-refractivity contribution in [2.75, 3.05) is 20.1 Å². The lowest BCUT2D eigenvalue weighted by Crippen LogP contribution is -2.39. The zero-order chi connectivity index (χ0) is 13.9. The summed E-state index contributed by atoms with van der Waals surface area (Å²) in [6.45, 7) is 9.60. The van der Waals surface area contributed by atoms with Crippen LogP contribution in [-0.2, 0) is 6.42 Å². The zero-order valence-corrected chi connectivity index (χ0v) is 12.9. The van der Waals surface area contributed by atoms with Crippen molar-refractivity contribution in [1.82, 2.24) is 4.90 Å². The normalized spacial score (nSPS) is 11.7. The van der Waals surface area contributed by atoms with E-state index in [2.05, 4.69) is 27.7 Å². The van der Waals surface area contributed by atoms with Crippen molar-refractivity contribution in [3.8, 4) is 0 Å². The molecule has 1 aromatic heterocycles. The maximum atomic E-state index is 12.3. The predicted molar refractivity (Wildman–Crippen MR) is 78.2 cm³/mol. The van der Waals surface area contributed by atoms with Gasteiger partial charge in [0.15, 0.2) is 0 Å². The van der Waals surface area contributed by atoms with Crippen molar-refractivity contribution in [1.29, 1.82) is 0 Å². The lowest BCUT2D eigenvalue weighted by Gasteiger charge is -2.28. The van der Waals surface area contributed by atoms with E-state index in [0.29, 0.717) is 13.1 Å². The van der Waals surface area contributed by atoms with Gasteiger partial charge in [0.05, 0.1) is 4.88 Å². The molecule has 0 aromatic carbocycles. The molecule has 0 aliphatic carbocycles. The van der Waals surface area contributed by atoms with Crippen molar-refractivity contribution in [2.24, 2.45) is 11.1 Å². The molecule has 1 heterocycles. The largest absolute Gasteiger partial charge is 0.340 e. The Bertz CT molecular complexity index is 423. The molecule has 2 N–H and O–H groups in total. The van der Waals surface area contributed by atoms with Crippen LogP contribution in [0.4, 0.5) is 0 Å². The predicted octanol–water partition coefficient (Wildman–Crippen LogP) is 2.68. The van der Waals surface area contributed by atoms with Crippen LogP contribution < -0.4 is 5.73 Å². The Balaban J connectivity index is 2.80. The smallest absolute Gasteiger partial charge is 0.263 e. The van der Waals surface area contributed by atoms with Gasteiger partial charge in [-0.1, -0.05) is 20.8 Å². The monoisotopic (exact) mass is 268 g/mol. The highest BCUT2D eigenvalue weighted by Crippen LogP contribution is 2.24. The zero-order valence-electron chi connectivity index (χ0n) is 12.0. The average molecular weight is 268 g/mol. The SMILES string of the molecule is CCc1sc(C(=O)N(C)CC(C)(C)CN)cc1C. The Morgan fingerprint density at radius 1 is 1.50 bits per heavy atom. The van der Waals surface area contributed by atoms with Crippen molar-refractivity contribution in [2.45, 2.75) is 34.1 Å². The number of hydrogen-bond donors (Lipinski definition) is 1. The Morgan fingerprint density at radius 2 is 2.11 bits per heavy atom. The number of carbonyl (C=O) groups is 1. The molecule has 0 fully saturated rings. The minimum Gasteiger partial charge on any atom is -0.340 e. The number of amides is 1. The van der Waals surface area contributed by atoms with Gasteiger partial charge in [0, 0.05) is 18.5 Å². The third-order valence-electron chi connectivity index (χ3n) is 3.12. The number of hydrogen-bond acceptors (Lipinski definition) is 3. The molecule has 0 atom stereocenters. The molecule has 0 saturated carbocycles. The van der Waals surface area contributed by atoms with E-state index in [4.69, 9.17) is 5.73 Å². The van der Waals surface area contributed by atoms with Crippen molar-refractivity contribution in [3.63, 3.8) is 0 Å². The summed E-state index contributed by atoms with van der Waals surface area (Å²) in [5.74, 6) is 0.101. The molecule has 1 aromatic rings. The average Bonchev–Trinajstić information content (AvgIpc) is 2.69. The topological polar surface area (TPSA) is 46.3 Å². The van der Waals surface area contributed by atoms with Gasteiger partial charge in [0.2, 0.25) is 0 Å². The molecule has 4 heteroatoms. The van der Waals surface area contributed by atoms with E-state index in [1.165, 1.54) is 10.4 Å². The summed E-state index contributed by atoms with van der Waals surface area (Å²) < 4.78 is 0. The van der Waals surface area contributed by atoms with E-state index in [1.807, 2.05) is 13.1 Å². The van der Waals surface area contributed by atoms with Gasteiger partial charge in [-0.25, -0.2) is 0 Å². The first-order valence-corrected chi connectivity index (χ1v) is 7.17. The molecule has 0 saturated heterocycles. The summed E-state index contributed by atoms with van der Waals surface area (Å²) in [7, 11) is 1.85. The van der Waals surface area contributed by atoms with Crippen LogP contribution in [0.3, 0.4) is 0 Å². The molecule has 102 valence electrons. The number of thiophene rings is 1. The fraction of sp³-hybridized carbons (Fsp3) is 0.643. The van der Waals surface area contributed by atoms with E-state index in [9.17, 15) is 4.79 Å². The molecule has 1 amide bonds. The highest BCUT2D eigenvalue weighted by Gasteiger charge is 2.23. The van der Waals surface area contributed by atoms with Crippen LogP contribution in [0.2, 0.25) is 0 Å². The number of nitrogens with two attached hydrogens (primary N) is 1. The Hall–Kier alpha value is -0.870. The molecule has 0 unspecified atom stereocenters. The van der Waals surface area contributed by atoms with E-state index >= 15 is 0 Å². The van der Waals surface area contributed by atoms with Crippen molar-refractivity contribution in [3.05, 3.63) is 21.4 Å². The van der Waals surface area contributed by atoms with Gasteiger partial charge in [-0.2, -0.15) is 0 Å². The second kappa shape index (κ2) is 5.85. The van der Waals surface area contributed by atoms with E-state index < -0.39 is 0 Å². The van der Waals surface area contributed by atoms with Crippen LogP contribution in [0.25, 0.3) is 0 Å². The van der Waals surface area contributed by atoms with Crippen LogP contribution in [0.5, 0.6) is 0 Å². The summed E-state index contributed by atoms with van der Waals surface area (Å²) in [5.41, 5.74) is 6.89. The molecule has 0 aliphatic heterocycles. The Kier molecular flexibility index (Phi) is 4.93. The standard InChI is InChI=1S/C14H24N2OS/c1-6-11-10(2)7-12(18-11)13(17)16(5)9-14(3,4)8-15/h7H,6,8-9,15H2,1-5H3. The molecule has 0 aliphatic rings. The number of rotatable bonds is 5. The molecule has 0 spiro atoms. The second-order valence-corrected chi connectivity index (χ2v) is 6.74. The van der Waals surface area contributed by atoms with Crippen LogP contribution in [0, 0.1) is 12.3 Å². The number of nitrogens with zero attached hydrogens (tertiary/aromatic N) is 1. The van der Waals surface area contributed by atoms with Gasteiger partial charge in [-0.3, -0.25) is 4.79 Å². The van der Waals surface area contributed by atoms with Gasteiger partial charge in [0.1, 0.15) is 0 Å². The minimum atomic E-state index is -0.0374. The first-order valence-electron chi connectivity index (χ1n) is 6.35. The maximum absolute atomic E-state index is 12.3. The second-order valence-electron chi connectivity index (χ2n) is 5.60. The number of aryl methyl sites for hydroxylation is 2. The number of carbonyl (C=O) groups excluding carboxylic acids is 1. The maximum Gasteiger partial charge on any atom is 0.263 e. The first kappa shape index (κ1) is 15.2. The molecular formula is C14H24N2OS. The van der Waals surface area contributed by atoms with Gasteiger partial charge in [-0.15, -0.1) is 11.3 Å². The quantitative estimate of drug-likeness (QED) is 0.892. The minimum absolute atomic E-state index is 0.0374. The molecule has 0 radical (unpaired) electrons. The lowest BCUT2D eigenvalue weighted by molar-refractivity contribution is 0.0745. The molecule has 1 rings (SSSR count). The van der Waals surface area contributed by atoms with Gasteiger partial charge < -0.3 is 10.6 Å². The summed E-state index contributed by atoms with van der Waals surface area (Å²) in [4.78, 5) is 16.2. The van der Waals surface area contributed by atoms with Crippen LogP contribution >= 0.6 is 11.3 Å². The molecule has 0 bridgehead atoms. The summed E-state index contributed by atoms with van der Waals surface area (Å²) >= 11 is 1.61. The molecule has 3 nitrogen and oxygen atoms in total. The Morgan fingerprint density at radius 3 is 2.56 bits per heavy atom. The third-order valence-corrected chi connectivity index (χ3v) is 4.49. The van der Waals surface area contributed by atoms with Gasteiger partial charge >= 0.3 is 0 Å². The van der Waals surface area contributed by atoms with E-state index in [-0.39, 0.29) is 11.3 Å². The molecular weight excluding hydrogens is 244 g/mol. The van der Waals surface area contributed by atoms with Crippen molar-refractivity contribution >= 4 is 17.2 Å². The van der Waals surface area contributed by atoms with E-state index in [0.717, 1.165) is 11.3 Å². The molecule has 18 heavy (non-hydrogen) atoms. The summed E-state index contributed by atoms with van der Waals surface area (Å²) in [6.07, 6.45) is 0.988. The van der Waals surface area contributed by atoms with Crippen LogP contribution in [0.1, 0.15) is 40.9 Å².